The van der Waals surface area contributed by atoms with Gasteiger partial charge in [-0.05, 0) is 18.2 Å². The first-order valence-corrected chi connectivity index (χ1v) is 7.09. The molecule has 3 aromatic rings. The largest absolute Gasteiger partial charge is 0.395 e. The number of aliphatic hydroxyl groups excluding tert-OH is 1. The first kappa shape index (κ1) is 14.1. The van der Waals surface area contributed by atoms with Gasteiger partial charge in [-0.15, -0.1) is 0 Å². The minimum atomic E-state index is 0.0339. The SMILES string of the molecule is OCCNc1cc(-c2cn[nH]c2)nc2c(Cl)c(Cl)ccc12. The highest BCUT2D eigenvalue weighted by Gasteiger charge is 2.12. The maximum Gasteiger partial charge on any atom is 0.0931 e. The van der Waals surface area contributed by atoms with Crippen molar-refractivity contribution in [2.45, 2.75) is 0 Å². The van der Waals surface area contributed by atoms with Crippen molar-refractivity contribution in [3.63, 3.8) is 0 Å². The van der Waals surface area contributed by atoms with Gasteiger partial charge in [0.1, 0.15) is 0 Å². The maximum atomic E-state index is 9.01. The molecular weight excluding hydrogens is 311 g/mol. The second kappa shape index (κ2) is 5.89. The Morgan fingerprint density at radius 1 is 1.29 bits per heavy atom. The standard InChI is InChI=1S/C14H12Cl2N4O/c15-10-2-1-9-12(17-3-4-21)5-11(8-6-18-19-7-8)20-14(9)13(10)16/h1-2,5-7,21H,3-4H2,(H,17,20)(H,18,19). The van der Waals surface area contributed by atoms with E-state index in [0.29, 0.717) is 22.1 Å². The minimum Gasteiger partial charge on any atom is -0.395 e. The summed E-state index contributed by atoms with van der Waals surface area (Å²) in [5, 5.41) is 20.6. The summed E-state index contributed by atoms with van der Waals surface area (Å²) in [5.41, 5.74) is 3.02. The number of hydrogen-bond acceptors (Lipinski definition) is 4. The normalized spacial score (nSPS) is 11.0. The fourth-order valence-electron chi connectivity index (χ4n) is 2.11. The summed E-state index contributed by atoms with van der Waals surface area (Å²) in [7, 11) is 0. The molecule has 5 nitrogen and oxygen atoms in total. The van der Waals surface area contributed by atoms with Crippen molar-refractivity contribution < 1.29 is 5.11 Å². The Hall–Kier alpha value is -1.82. The lowest BCUT2D eigenvalue weighted by molar-refractivity contribution is 0.311. The fraction of sp³-hybridized carbons (Fsp3) is 0.143. The van der Waals surface area contributed by atoms with Crippen LogP contribution in [0.2, 0.25) is 10.0 Å². The summed E-state index contributed by atoms with van der Waals surface area (Å²) in [6.07, 6.45) is 3.44. The van der Waals surface area contributed by atoms with Crippen molar-refractivity contribution in [2.75, 3.05) is 18.5 Å². The number of aliphatic hydroxyl groups is 1. The Morgan fingerprint density at radius 2 is 2.14 bits per heavy atom. The third-order valence-electron chi connectivity index (χ3n) is 3.09. The molecule has 0 saturated carbocycles. The van der Waals surface area contributed by atoms with Crippen molar-refractivity contribution in [3.05, 3.63) is 40.6 Å². The Bertz CT molecular complexity index is 774. The highest BCUT2D eigenvalue weighted by atomic mass is 35.5. The summed E-state index contributed by atoms with van der Waals surface area (Å²) in [6.45, 7) is 0.469. The van der Waals surface area contributed by atoms with Crippen LogP contribution in [-0.4, -0.2) is 33.4 Å². The Balaban J connectivity index is 2.24. The number of aromatic amines is 1. The molecule has 21 heavy (non-hydrogen) atoms. The number of aromatic nitrogens is 3. The average molecular weight is 323 g/mol. The van der Waals surface area contributed by atoms with Gasteiger partial charge >= 0.3 is 0 Å². The molecule has 3 N–H and O–H groups in total. The summed E-state index contributed by atoms with van der Waals surface area (Å²) in [6, 6.07) is 5.48. The first-order valence-electron chi connectivity index (χ1n) is 6.33. The van der Waals surface area contributed by atoms with E-state index in [1.165, 1.54) is 0 Å². The van der Waals surface area contributed by atoms with Crippen molar-refractivity contribution in [2.24, 2.45) is 0 Å². The van der Waals surface area contributed by atoms with Gasteiger partial charge in [0.15, 0.2) is 0 Å². The van der Waals surface area contributed by atoms with Crippen molar-refractivity contribution in [3.8, 4) is 11.3 Å². The Labute approximate surface area is 130 Å². The number of hydrogen-bond donors (Lipinski definition) is 3. The van der Waals surface area contributed by atoms with E-state index in [-0.39, 0.29) is 6.61 Å². The van der Waals surface area contributed by atoms with Crippen LogP contribution in [0.4, 0.5) is 5.69 Å². The minimum absolute atomic E-state index is 0.0339. The number of halogens is 2. The lowest BCUT2D eigenvalue weighted by Crippen LogP contribution is -2.06. The summed E-state index contributed by atoms with van der Waals surface area (Å²) in [4.78, 5) is 4.57. The number of fused-ring (bicyclic) bond motifs is 1. The van der Waals surface area contributed by atoms with Gasteiger partial charge in [0.05, 0.1) is 34.1 Å². The van der Waals surface area contributed by atoms with Gasteiger partial charge in [0.2, 0.25) is 0 Å². The molecule has 0 radical (unpaired) electrons. The van der Waals surface area contributed by atoms with Gasteiger partial charge < -0.3 is 10.4 Å². The molecule has 3 rings (SSSR count). The van der Waals surface area contributed by atoms with Crippen LogP contribution in [-0.2, 0) is 0 Å². The van der Waals surface area contributed by atoms with Crippen LogP contribution in [0.5, 0.6) is 0 Å². The number of H-pyrrole nitrogens is 1. The van der Waals surface area contributed by atoms with Gasteiger partial charge in [-0.3, -0.25) is 5.10 Å². The summed E-state index contributed by atoms with van der Waals surface area (Å²) in [5.74, 6) is 0. The lowest BCUT2D eigenvalue weighted by Gasteiger charge is -2.12. The summed E-state index contributed by atoms with van der Waals surface area (Å²) < 4.78 is 0. The molecule has 2 heterocycles. The van der Waals surface area contributed by atoms with Gasteiger partial charge in [-0.2, -0.15) is 5.10 Å². The molecule has 0 saturated heterocycles. The van der Waals surface area contributed by atoms with Crippen LogP contribution in [0, 0.1) is 0 Å². The van der Waals surface area contributed by atoms with Crippen LogP contribution < -0.4 is 5.32 Å². The molecule has 0 bridgehead atoms. The highest BCUT2D eigenvalue weighted by molar-refractivity contribution is 6.45. The van der Waals surface area contributed by atoms with Crippen molar-refractivity contribution in [1.82, 2.24) is 15.2 Å². The van der Waals surface area contributed by atoms with E-state index in [2.05, 4.69) is 20.5 Å². The molecule has 0 fully saturated rings. The molecule has 108 valence electrons. The molecule has 1 aromatic carbocycles. The topological polar surface area (TPSA) is 73.8 Å². The Morgan fingerprint density at radius 3 is 2.86 bits per heavy atom. The van der Waals surface area contributed by atoms with Gasteiger partial charge in [0.25, 0.3) is 0 Å². The van der Waals surface area contributed by atoms with Gasteiger partial charge in [-0.25, -0.2) is 4.98 Å². The Kier molecular flexibility index (Phi) is 3.96. The monoisotopic (exact) mass is 322 g/mol. The number of pyridine rings is 1. The lowest BCUT2D eigenvalue weighted by atomic mass is 10.1. The van der Waals surface area contributed by atoms with E-state index in [1.54, 1.807) is 18.5 Å². The predicted octanol–water partition coefficient (Wildman–Crippen LogP) is 3.34. The molecule has 0 atom stereocenters. The quantitative estimate of drug-likeness (QED) is 0.688. The second-order valence-electron chi connectivity index (χ2n) is 4.45. The van der Waals surface area contributed by atoms with E-state index in [4.69, 9.17) is 28.3 Å². The maximum absolute atomic E-state index is 9.01. The second-order valence-corrected chi connectivity index (χ2v) is 5.24. The number of benzene rings is 1. The number of nitrogens with zero attached hydrogens (tertiary/aromatic N) is 2. The van der Waals surface area contributed by atoms with E-state index >= 15 is 0 Å². The molecule has 2 aromatic heterocycles. The molecular formula is C14H12Cl2N4O. The van der Waals surface area contributed by atoms with Crippen LogP contribution in [0.1, 0.15) is 0 Å². The van der Waals surface area contributed by atoms with Gasteiger partial charge in [-0.1, -0.05) is 23.2 Å². The van der Waals surface area contributed by atoms with Crippen LogP contribution in [0.15, 0.2) is 30.6 Å². The third-order valence-corrected chi connectivity index (χ3v) is 3.89. The van der Waals surface area contributed by atoms with E-state index in [9.17, 15) is 0 Å². The first-order chi connectivity index (χ1) is 10.2. The molecule has 7 heteroatoms. The highest BCUT2D eigenvalue weighted by Crippen LogP contribution is 2.35. The molecule has 0 amide bonds. The smallest absolute Gasteiger partial charge is 0.0931 e. The van der Waals surface area contributed by atoms with E-state index in [1.807, 2.05) is 12.1 Å². The van der Waals surface area contributed by atoms with Crippen molar-refractivity contribution >= 4 is 39.8 Å². The molecule has 0 aliphatic heterocycles. The van der Waals surface area contributed by atoms with E-state index < -0.39 is 0 Å². The zero-order valence-electron chi connectivity index (χ0n) is 10.9. The molecule has 0 spiro atoms. The predicted molar refractivity (Wildman–Crippen MR) is 84.9 cm³/mol. The zero-order valence-corrected chi connectivity index (χ0v) is 12.4. The third kappa shape index (κ3) is 2.68. The van der Waals surface area contributed by atoms with E-state index in [0.717, 1.165) is 22.3 Å². The zero-order chi connectivity index (χ0) is 14.8. The fourth-order valence-corrected chi connectivity index (χ4v) is 2.47. The van der Waals surface area contributed by atoms with Crippen LogP contribution in [0.25, 0.3) is 22.2 Å². The van der Waals surface area contributed by atoms with Crippen LogP contribution >= 0.6 is 23.2 Å². The molecule has 0 aliphatic rings. The number of anilines is 1. The molecule has 0 unspecified atom stereocenters. The number of nitrogens with one attached hydrogen (secondary N) is 2. The number of rotatable bonds is 4. The van der Waals surface area contributed by atoms with Gasteiger partial charge in [0, 0.05) is 29.4 Å². The van der Waals surface area contributed by atoms with Crippen LogP contribution in [0.3, 0.4) is 0 Å². The summed E-state index contributed by atoms with van der Waals surface area (Å²) >= 11 is 12.3. The molecule has 0 aliphatic carbocycles. The average Bonchev–Trinajstić information content (AvgIpc) is 3.03. The van der Waals surface area contributed by atoms with Crippen molar-refractivity contribution in [1.29, 1.82) is 0 Å².